The second-order valence-electron chi connectivity index (χ2n) is 4.38. The van der Waals surface area contributed by atoms with Crippen LogP contribution in [-0.2, 0) is 10.0 Å². The molecule has 4 N–H and O–H groups in total. The molecule has 0 saturated carbocycles. The predicted molar refractivity (Wildman–Crippen MR) is 79.2 cm³/mol. The third-order valence-corrected chi connectivity index (χ3v) is 3.80. The maximum Gasteiger partial charge on any atom is 0.335 e. The lowest BCUT2D eigenvalue weighted by molar-refractivity contribution is 0.0696. The van der Waals surface area contributed by atoms with Crippen LogP contribution >= 0.6 is 0 Å². The van der Waals surface area contributed by atoms with Gasteiger partial charge in [-0.05, 0) is 36.4 Å². The molecule has 0 spiro atoms. The van der Waals surface area contributed by atoms with E-state index < -0.39 is 21.9 Å². The number of sulfonamides is 1. The first kappa shape index (κ1) is 15.7. The number of hydrogen-bond acceptors (Lipinski definition) is 4. The van der Waals surface area contributed by atoms with Crippen molar-refractivity contribution in [2.24, 2.45) is 5.14 Å². The summed E-state index contributed by atoms with van der Waals surface area (Å²) in [6.45, 7) is 0. The highest BCUT2D eigenvalue weighted by Gasteiger charge is 2.18. The number of carboxylic acids is 1. The average Bonchev–Trinajstić information content (AvgIpc) is 2.47. The number of nitrogens with one attached hydrogen (secondary N) is 1. The molecule has 0 aliphatic carbocycles. The maximum absolute atomic E-state index is 12.2. The third kappa shape index (κ3) is 3.48. The number of primary sulfonamides is 1. The summed E-state index contributed by atoms with van der Waals surface area (Å²) in [6.07, 6.45) is 0. The minimum atomic E-state index is -4.03. The number of rotatable bonds is 4. The Morgan fingerprint density at radius 3 is 2.14 bits per heavy atom. The number of benzene rings is 2. The molecular formula is C14H12N2O5S. The average molecular weight is 320 g/mol. The second-order valence-corrected chi connectivity index (χ2v) is 5.91. The van der Waals surface area contributed by atoms with Gasteiger partial charge in [0.1, 0.15) is 0 Å². The van der Waals surface area contributed by atoms with Gasteiger partial charge in [0.05, 0.1) is 16.0 Å². The Morgan fingerprint density at radius 2 is 1.59 bits per heavy atom. The highest BCUT2D eigenvalue weighted by atomic mass is 32.2. The summed E-state index contributed by atoms with van der Waals surface area (Å²) in [6, 6.07) is 11.0. The van der Waals surface area contributed by atoms with Gasteiger partial charge >= 0.3 is 5.97 Å². The zero-order valence-electron chi connectivity index (χ0n) is 11.2. The Hall–Kier alpha value is -2.71. The predicted octanol–water partition coefficient (Wildman–Crippen LogP) is 1.28. The van der Waals surface area contributed by atoms with Crippen molar-refractivity contribution in [3.63, 3.8) is 0 Å². The van der Waals surface area contributed by atoms with Gasteiger partial charge in [0.2, 0.25) is 10.0 Å². The summed E-state index contributed by atoms with van der Waals surface area (Å²) in [7, 11) is -4.03. The molecule has 0 fully saturated rings. The van der Waals surface area contributed by atoms with Gasteiger partial charge in [0.25, 0.3) is 5.91 Å². The number of carboxylic acid groups (broad SMARTS) is 1. The number of amides is 1. The summed E-state index contributed by atoms with van der Waals surface area (Å²) < 4.78 is 22.9. The van der Waals surface area contributed by atoms with E-state index in [1.54, 1.807) is 0 Å². The Balaban J connectivity index is 2.28. The van der Waals surface area contributed by atoms with Crippen LogP contribution < -0.4 is 10.5 Å². The van der Waals surface area contributed by atoms with Gasteiger partial charge in [-0.1, -0.05) is 12.1 Å². The highest BCUT2D eigenvalue weighted by molar-refractivity contribution is 7.89. The molecule has 1 amide bonds. The number of carbonyl (C=O) groups excluding carboxylic acids is 1. The lowest BCUT2D eigenvalue weighted by Gasteiger charge is -2.09. The van der Waals surface area contributed by atoms with Crippen LogP contribution in [0.2, 0.25) is 0 Å². The van der Waals surface area contributed by atoms with Crippen LogP contribution in [0.1, 0.15) is 20.7 Å². The van der Waals surface area contributed by atoms with Gasteiger partial charge in [0, 0.05) is 5.69 Å². The molecule has 0 radical (unpaired) electrons. The molecule has 114 valence electrons. The lowest BCUT2D eigenvalue weighted by Crippen LogP contribution is -2.20. The van der Waals surface area contributed by atoms with E-state index in [0.29, 0.717) is 5.69 Å². The van der Waals surface area contributed by atoms with Crippen molar-refractivity contribution in [3.8, 4) is 0 Å². The van der Waals surface area contributed by atoms with E-state index in [9.17, 15) is 18.0 Å². The van der Waals surface area contributed by atoms with Crippen LogP contribution in [0.25, 0.3) is 0 Å². The van der Waals surface area contributed by atoms with Crippen LogP contribution in [-0.4, -0.2) is 25.4 Å². The summed E-state index contributed by atoms with van der Waals surface area (Å²) in [5, 5.41) is 16.3. The van der Waals surface area contributed by atoms with Crippen LogP contribution in [0.5, 0.6) is 0 Å². The van der Waals surface area contributed by atoms with Crippen molar-refractivity contribution < 1.29 is 23.1 Å². The molecule has 0 bridgehead atoms. The fraction of sp³-hybridized carbons (Fsp3) is 0. The molecule has 0 heterocycles. The summed E-state index contributed by atoms with van der Waals surface area (Å²) >= 11 is 0. The van der Waals surface area contributed by atoms with Crippen LogP contribution in [0.15, 0.2) is 53.4 Å². The lowest BCUT2D eigenvalue weighted by atomic mass is 10.2. The number of aromatic carboxylic acids is 1. The van der Waals surface area contributed by atoms with Gasteiger partial charge in [-0.3, -0.25) is 4.79 Å². The van der Waals surface area contributed by atoms with Crippen molar-refractivity contribution >= 4 is 27.6 Å². The summed E-state index contributed by atoms with van der Waals surface area (Å²) in [4.78, 5) is 22.6. The van der Waals surface area contributed by atoms with Crippen molar-refractivity contribution in [1.82, 2.24) is 0 Å². The minimum absolute atomic E-state index is 0.0722. The standard InChI is InChI=1S/C14H12N2O5S/c15-22(20,21)12-4-2-1-3-11(12)13(17)16-10-7-5-9(6-8-10)14(18)19/h1-8H,(H,16,17)(H,18,19)(H2,15,20,21). The fourth-order valence-electron chi connectivity index (χ4n) is 1.80. The molecule has 0 aliphatic heterocycles. The number of hydrogen-bond donors (Lipinski definition) is 3. The zero-order chi connectivity index (χ0) is 16.3. The van der Waals surface area contributed by atoms with E-state index in [1.807, 2.05) is 0 Å². The summed E-state index contributed by atoms with van der Waals surface area (Å²) in [5.41, 5.74) is 0.314. The van der Waals surface area contributed by atoms with E-state index in [1.165, 1.54) is 48.5 Å². The first-order valence-electron chi connectivity index (χ1n) is 6.05. The molecule has 8 heteroatoms. The van der Waals surface area contributed by atoms with Crippen molar-refractivity contribution in [2.45, 2.75) is 4.90 Å². The van der Waals surface area contributed by atoms with Gasteiger partial charge in [-0.25, -0.2) is 18.4 Å². The fourth-order valence-corrected chi connectivity index (χ4v) is 2.53. The number of nitrogens with two attached hydrogens (primary N) is 1. The molecule has 0 saturated heterocycles. The molecule has 0 aromatic heterocycles. The molecule has 2 aromatic rings. The maximum atomic E-state index is 12.2. The quantitative estimate of drug-likeness (QED) is 0.782. The van der Waals surface area contributed by atoms with Gasteiger partial charge in [-0.15, -0.1) is 0 Å². The minimum Gasteiger partial charge on any atom is -0.478 e. The monoisotopic (exact) mass is 320 g/mol. The Bertz CT molecular complexity index is 829. The van der Waals surface area contributed by atoms with E-state index in [2.05, 4.69) is 5.32 Å². The highest BCUT2D eigenvalue weighted by Crippen LogP contribution is 2.16. The van der Waals surface area contributed by atoms with Crippen LogP contribution in [0.3, 0.4) is 0 Å². The molecule has 0 aliphatic rings. The molecule has 7 nitrogen and oxygen atoms in total. The first-order chi connectivity index (χ1) is 10.3. The SMILES string of the molecule is NS(=O)(=O)c1ccccc1C(=O)Nc1ccc(C(=O)O)cc1. The molecule has 2 aromatic carbocycles. The Labute approximate surface area is 126 Å². The number of carbonyl (C=O) groups is 2. The topological polar surface area (TPSA) is 127 Å². The normalized spacial score (nSPS) is 11.0. The molecule has 0 atom stereocenters. The van der Waals surface area contributed by atoms with E-state index >= 15 is 0 Å². The van der Waals surface area contributed by atoms with Gasteiger partial charge < -0.3 is 10.4 Å². The zero-order valence-corrected chi connectivity index (χ0v) is 12.0. The Kier molecular flexibility index (Phi) is 4.25. The molecule has 0 unspecified atom stereocenters. The van der Waals surface area contributed by atoms with Crippen molar-refractivity contribution in [1.29, 1.82) is 0 Å². The van der Waals surface area contributed by atoms with Gasteiger partial charge in [0.15, 0.2) is 0 Å². The molecule has 22 heavy (non-hydrogen) atoms. The number of anilines is 1. The second kappa shape index (κ2) is 5.96. The smallest absolute Gasteiger partial charge is 0.335 e. The van der Waals surface area contributed by atoms with Crippen LogP contribution in [0, 0.1) is 0 Å². The molecule has 2 rings (SSSR count). The van der Waals surface area contributed by atoms with E-state index in [-0.39, 0.29) is 16.0 Å². The van der Waals surface area contributed by atoms with E-state index in [4.69, 9.17) is 10.2 Å². The van der Waals surface area contributed by atoms with E-state index in [0.717, 1.165) is 0 Å². The first-order valence-corrected chi connectivity index (χ1v) is 7.60. The van der Waals surface area contributed by atoms with Gasteiger partial charge in [-0.2, -0.15) is 0 Å². The summed E-state index contributed by atoms with van der Waals surface area (Å²) in [5.74, 6) is -1.75. The van der Waals surface area contributed by atoms with Crippen LogP contribution in [0.4, 0.5) is 5.69 Å². The van der Waals surface area contributed by atoms with Crippen molar-refractivity contribution in [2.75, 3.05) is 5.32 Å². The largest absolute Gasteiger partial charge is 0.478 e. The Morgan fingerprint density at radius 1 is 1.00 bits per heavy atom. The van der Waals surface area contributed by atoms with Crippen molar-refractivity contribution in [3.05, 3.63) is 59.7 Å². The molecular weight excluding hydrogens is 308 g/mol. The third-order valence-electron chi connectivity index (χ3n) is 2.83.